The molecular formula is C18H27N3OS. The summed E-state index contributed by atoms with van der Waals surface area (Å²) in [7, 11) is 6.27. The molecule has 0 aliphatic carbocycles. The number of hydrogen-bond acceptors (Lipinski definition) is 5. The van der Waals surface area contributed by atoms with Crippen molar-refractivity contribution in [3.05, 3.63) is 45.9 Å². The zero-order valence-electron chi connectivity index (χ0n) is 14.7. The molecule has 0 aliphatic rings. The summed E-state index contributed by atoms with van der Waals surface area (Å²) in [4.78, 5) is 9.12. The Morgan fingerprint density at radius 1 is 1.22 bits per heavy atom. The van der Waals surface area contributed by atoms with Crippen LogP contribution in [-0.4, -0.2) is 37.6 Å². The molecule has 2 rings (SSSR count). The van der Waals surface area contributed by atoms with E-state index in [2.05, 4.69) is 67.5 Å². The van der Waals surface area contributed by atoms with Crippen LogP contribution >= 0.6 is 11.3 Å². The molecule has 0 amide bonds. The van der Waals surface area contributed by atoms with Crippen LogP contribution in [0.1, 0.15) is 36.2 Å². The zero-order chi connectivity index (χ0) is 16.8. The number of nitrogens with zero attached hydrogens (tertiary/aromatic N) is 3. The summed E-state index contributed by atoms with van der Waals surface area (Å²) in [5, 5.41) is 3.20. The molecular weight excluding hydrogens is 306 g/mol. The van der Waals surface area contributed by atoms with Gasteiger partial charge in [-0.15, -0.1) is 11.3 Å². The van der Waals surface area contributed by atoms with Crippen molar-refractivity contribution in [3.8, 4) is 0 Å². The Bertz CT molecular complexity index is 612. The van der Waals surface area contributed by atoms with Crippen molar-refractivity contribution in [3.63, 3.8) is 0 Å². The summed E-state index contributed by atoms with van der Waals surface area (Å²) in [6.45, 7) is 6.55. The van der Waals surface area contributed by atoms with Crippen molar-refractivity contribution < 1.29 is 4.74 Å². The van der Waals surface area contributed by atoms with Crippen LogP contribution in [0.3, 0.4) is 0 Å². The topological polar surface area (TPSA) is 28.6 Å². The Kier molecular flexibility index (Phi) is 6.57. The maximum atomic E-state index is 5.61. The number of ether oxygens (including phenoxy) is 1. The van der Waals surface area contributed by atoms with Gasteiger partial charge in [-0.05, 0) is 38.6 Å². The summed E-state index contributed by atoms with van der Waals surface area (Å²) >= 11 is 1.68. The summed E-state index contributed by atoms with van der Waals surface area (Å²) < 4.78 is 5.61. The van der Waals surface area contributed by atoms with Crippen molar-refractivity contribution in [2.45, 2.75) is 33.0 Å². The van der Waals surface area contributed by atoms with Gasteiger partial charge in [-0.1, -0.05) is 12.1 Å². The molecule has 0 saturated heterocycles. The maximum Gasteiger partial charge on any atom is 0.122 e. The van der Waals surface area contributed by atoms with E-state index >= 15 is 0 Å². The summed E-state index contributed by atoms with van der Waals surface area (Å²) in [6.07, 6.45) is 0.0841. The maximum absolute atomic E-state index is 5.61. The van der Waals surface area contributed by atoms with E-state index in [4.69, 9.17) is 9.72 Å². The van der Waals surface area contributed by atoms with E-state index in [9.17, 15) is 0 Å². The second kappa shape index (κ2) is 8.43. The smallest absolute Gasteiger partial charge is 0.122 e. The van der Waals surface area contributed by atoms with Gasteiger partial charge in [0.25, 0.3) is 0 Å². The molecule has 1 aromatic heterocycles. The van der Waals surface area contributed by atoms with Gasteiger partial charge in [0.2, 0.25) is 0 Å². The largest absolute Gasteiger partial charge is 0.378 e. The third kappa shape index (κ3) is 5.30. The van der Waals surface area contributed by atoms with E-state index in [1.165, 1.54) is 11.3 Å². The molecule has 126 valence electrons. The standard InChI is InChI=1S/C18H27N3OS/c1-6-22-14(2)18-19-16(13-23-18)12-21(5)11-15-8-7-9-17(10-15)20(3)4/h7-10,13-14H,6,11-12H2,1-5H3/t14-/m1/s1. The van der Waals surface area contributed by atoms with Gasteiger partial charge in [-0.3, -0.25) is 4.90 Å². The highest BCUT2D eigenvalue weighted by Gasteiger charge is 2.11. The minimum atomic E-state index is 0.0841. The first-order chi connectivity index (χ1) is 11.0. The molecule has 4 nitrogen and oxygen atoms in total. The van der Waals surface area contributed by atoms with Crippen molar-refractivity contribution in [2.75, 3.05) is 32.6 Å². The molecule has 0 bridgehead atoms. The van der Waals surface area contributed by atoms with Crippen LogP contribution in [0.5, 0.6) is 0 Å². The van der Waals surface area contributed by atoms with E-state index in [0.717, 1.165) is 30.4 Å². The lowest BCUT2D eigenvalue weighted by atomic mass is 10.2. The lowest BCUT2D eigenvalue weighted by molar-refractivity contribution is 0.0760. The first-order valence-corrected chi connectivity index (χ1v) is 8.88. The second-order valence-corrected chi connectivity index (χ2v) is 6.90. The number of rotatable bonds is 8. The molecule has 1 atom stereocenters. The first kappa shape index (κ1) is 17.9. The van der Waals surface area contributed by atoms with E-state index in [-0.39, 0.29) is 6.10 Å². The van der Waals surface area contributed by atoms with Gasteiger partial charge in [-0.2, -0.15) is 0 Å². The number of anilines is 1. The fraction of sp³-hybridized carbons (Fsp3) is 0.500. The Morgan fingerprint density at radius 3 is 2.70 bits per heavy atom. The molecule has 0 saturated carbocycles. The normalized spacial score (nSPS) is 12.6. The molecule has 23 heavy (non-hydrogen) atoms. The van der Waals surface area contributed by atoms with Crippen molar-refractivity contribution in [1.82, 2.24) is 9.88 Å². The van der Waals surface area contributed by atoms with Crippen molar-refractivity contribution in [1.29, 1.82) is 0 Å². The lowest BCUT2D eigenvalue weighted by Gasteiger charge is -2.18. The van der Waals surface area contributed by atoms with Gasteiger partial charge in [0.15, 0.2) is 0 Å². The van der Waals surface area contributed by atoms with Crippen LogP contribution in [0, 0.1) is 0 Å². The average molecular weight is 334 g/mol. The highest BCUT2D eigenvalue weighted by Crippen LogP contribution is 2.22. The van der Waals surface area contributed by atoms with Crippen molar-refractivity contribution in [2.24, 2.45) is 0 Å². The van der Waals surface area contributed by atoms with Crippen LogP contribution in [0.15, 0.2) is 29.6 Å². The minimum Gasteiger partial charge on any atom is -0.378 e. The molecule has 0 unspecified atom stereocenters. The summed E-state index contributed by atoms with van der Waals surface area (Å²) in [6, 6.07) is 8.65. The SMILES string of the molecule is CCO[C@H](C)c1nc(CN(C)Cc2cccc(N(C)C)c2)cs1. The lowest BCUT2D eigenvalue weighted by Crippen LogP contribution is -2.18. The Balaban J connectivity index is 1.94. The van der Waals surface area contributed by atoms with Crippen LogP contribution in [0.4, 0.5) is 5.69 Å². The highest BCUT2D eigenvalue weighted by molar-refractivity contribution is 7.09. The number of benzene rings is 1. The van der Waals surface area contributed by atoms with E-state index in [1.54, 1.807) is 11.3 Å². The third-order valence-corrected chi connectivity index (χ3v) is 4.70. The summed E-state index contributed by atoms with van der Waals surface area (Å²) in [5.41, 5.74) is 3.66. The third-order valence-electron chi connectivity index (χ3n) is 3.65. The van der Waals surface area contributed by atoms with Crippen LogP contribution < -0.4 is 4.90 Å². The van der Waals surface area contributed by atoms with Gasteiger partial charge in [0, 0.05) is 44.9 Å². The molecule has 1 heterocycles. The van der Waals surface area contributed by atoms with Crippen LogP contribution in [0.2, 0.25) is 0 Å². The molecule has 0 aliphatic heterocycles. The molecule has 0 spiro atoms. The predicted molar refractivity (Wildman–Crippen MR) is 98.1 cm³/mol. The quantitative estimate of drug-likeness (QED) is 0.731. The van der Waals surface area contributed by atoms with Gasteiger partial charge in [0.05, 0.1) is 5.69 Å². The Labute approximate surface area is 143 Å². The van der Waals surface area contributed by atoms with E-state index < -0.39 is 0 Å². The minimum absolute atomic E-state index is 0.0841. The number of aromatic nitrogens is 1. The fourth-order valence-corrected chi connectivity index (χ4v) is 3.29. The van der Waals surface area contributed by atoms with Crippen LogP contribution in [0.25, 0.3) is 0 Å². The first-order valence-electron chi connectivity index (χ1n) is 8.00. The second-order valence-electron chi connectivity index (χ2n) is 6.01. The summed E-state index contributed by atoms with van der Waals surface area (Å²) in [5.74, 6) is 0. The Morgan fingerprint density at radius 2 is 2.00 bits per heavy atom. The molecule has 0 N–H and O–H groups in total. The molecule has 1 aromatic carbocycles. The van der Waals surface area contributed by atoms with E-state index in [1.807, 2.05) is 6.92 Å². The van der Waals surface area contributed by atoms with Gasteiger partial charge in [0.1, 0.15) is 11.1 Å². The van der Waals surface area contributed by atoms with E-state index in [0.29, 0.717) is 0 Å². The average Bonchev–Trinajstić information content (AvgIpc) is 2.96. The number of thiazole rings is 1. The van der Waals surface area contributed by atoms with Crippen molar-refractivity contribution >= 4 is 17.0 Å². The van der Waals surface area contributed by atoms with Crippen LogP contribution in [-0.2, 0) is 17.8 Å². The molecule has 0 fully saturated rings. The van der Waals surface area contributed by atoms with Gasteiger partial charge < -0.3 is 9.64 Å². The molecule has 5 heteroatoms. The molecule has 2 aromatic rings. The predicted octanol–water partition coefficient (Wildman–Crippen LogP) is 3.94. The number of hydrogen-bond donors (Lipinski definition) is 0. The van der Waals surface area contributed by atoms with Gasteiger partial charge >= 0.3 is 0 Å². The zero-order valence-corrected chi connectivity index (χ0v) is 15.6. The highest BCUT2D eigenvalue weighted by atomic mass is 32.1. The monoisotopic (exact) mass is 333 g/mol. The fourth-order valence-electron chi connectivity index (χ4n) is 2.48. The Hall–Kier alpha value is -1.43. The van der Waals surface area contributed by atoms with Gasteiger partial charge in [-0.25, -0.2) is 4.98 Å². The molecule has 0 radical (unpaired) electrons.